The predicted molar refractivity (Wildman–Crippen MR) is 82.9 cm³/mol. The van der Waals surface area contributed by atoms with Crippen LogP contribution in [0.15, 0.2) is 24.3 Å². The molecule has 0 heterocycles. The Morgan fingerprint density at radius 1 is 1.32 bits per heavy atom. The van der Waals surface area contributed by atoms with Crippen LogP contribution in [0.25, 0.3) is 0 Å². The zero-order valence-corrected chi connectivity index (χ0v) is 13.1. The van der Waals surface area contributed by atoms with Crippen molar-refractivity contribution < 1.29 is 4.74 Å². The van der Waals surface area contributed by atoms with E-state index >= 15 is 0 Å². The molecule has 0 aromatic heterocycles. The fraction of sp³-hybridized carbons (Fsp3) is 0.647. The van der Waals surface area contributed by atoms with E-state index in [1.54, 1.807) is 7.11 Å². The van der Waals surface area contributed by atoms with Gasteiger partial charge in [-0.1, -0.05) is 46.2 Å². The molecule has 2 heteroatoms. The van der Waals surface area contributed by atoms with Gasteiger partial charge in [-0.3, -0.25) is 0 Å². The van der Waals surface area contributed by atoms with Gasteiger partial charge in [0.25, 0.3) is 0 Å². The first-order valence-electron chi connectivity index (χ1n) is 7.35. The number of hydrogen-bond acceptors (Lipinski definition) is 2. The average Bonchev–Trinajstić information content (AvgIpc) is 2.37. The van der Waals surface area contributed by atoms with Crippen LogP contribution in [0.3, 0.4) is 0 Å². The van der Waals surface area contributed by atoms with E-state index in [9.17, 15) is 0 Å². The number of ether oxygens (including phenoxy) is 1. The van der Waals surface area contributed by atoms with Crippen molar-refractivity contribution in [2.45, 2.75) is 53.0 Å². The van der Waals surface area contributed by atoms with Gasteiger partial charge in [0.1, 0.15) is 5.75 Å². The third-order valence-corrected chi connectivity index (χ3v) is 3.56. The van der Waals surface area contributed by atoms with Crippen LogP contribution < -0.4 is 10.1 Å². The van der Waals surface area contributed by atoms with Crippen molar-refractivity contribution in [3.8, 4) is 5.75 Å². The van der Waals surface area contributed by atoms with Crippen molar-refractivity contribution in [1.29, 1.82) is 0 Å². The molecule has 0 radical (unpaired) electrons. The molecule has 0 amide bonds. The van der Waals surface area contributed by atoms with E-state index in [1.807, 2.05) is 6.07 Å². The molecule has 2 nitrogen and oxygen atoms in total. The molecule has 1 unspecified atom stereocenters. The molecule has 0 saturated heterocycles. The average molecular weight is 263 g/mol. The van der Waals surface area contributed by atoms with E-state index in [2.05, 4.69) is 51.2 Å². The minimum absolute atomic E-state index is 0.311. The number of methoxy groups -OCH3 is 1. The monoisotopic (exact) mass is 263 g/mol. The molecule has 0 spiro atoms. The molecular formula is C17H29NO. The molecule has 1 atom stereocenters. The minimum Gasteiger partial charge on any atom is -0.497 e. The summed E-state index contributed by atoms with van der Waals surface area (Å²) < 4.78 is 5.31. The van der Waals surface area contributed by atoms with Crippen LogP contribution in [0.1, 0.15) is 46.1 Å². The molecule has 0 aliphatic rings. The summed E-state index contributed by atoms with van der Waals surface area (Å²) in [6.07, 6.45) is 3.56. The lowest BCUT2D eigenvalue weighted by Crippen LogP contribution is -2.37. The molecule has 0 aliphatic heterocycles. The summed E-state index contributed by atoms with van der Waals surface area (Å²) in [5.74, 6) is 0.952. The second-order valence-corrected chi connectivity index (χ2v) is 6.12. The van der Waals surface area contributed by atoms with E-state index in [0.29, 0.717) is 11.5 Å². The lowest BCUT2D eigenvalue weighted by Gasteiger charge is -2.31. The van der Waals surface area contributed by atoms with Gasteiger partial charge in [-0.05, 0) is 36.0 Å². The lowest BCUT2D eigenvalue weighted by atomic mass is 9.79. The number of nitrogens with one attached hydrogen (secondary N) is 1. The Labute approximate surface area is 118 Å². The first kappa shape index (κ1) is 16.0. The van der Waals surface area contributed by atoms with Crippen LogP contribution in [0.2, 0.25) is 0 Å². The second kappa shape index (κ2) is 7.54. The van der Waals surface area contributed by atoms with Gasteiger partial charge in [0.05, 0.1) is 7.11 Å². The SMILES string of the molecule is CCCC(C)(CNC(C)C)Cc1cccc(OC)c1. The van der Waals surface area contributed by atoms with Crippen LogP contribution in [-0.4, -0.2) is 19.7 Å². The highest BCUT2D eigenvalue weighted by Gasteiger charge is 2.24. The van der Waals surface area contributed by atoms with Crippen molar-refractivity contribution >= 4 is 0 Å². The zero-order chi connectivity index (χ0) is 14.3. The summed E-state index contributed by atoms with van der Waals surface area (Å²) in [6, 6.07) is 8.99. The Hall–Kier alpha value is -1.02. The maximum Gasteiger partial charge on any atom is 0.119 e. The maximum absolute atomic E-state index is 5.31. The third kappa shape index (κ3) is 5.65. The molecule has 0 saturated carbocycles. The van der Waals surface area contributed by atoms with Crippen LogP contribution >= 0.6 is 0 Å². The first-order valence-corrected chi connectivity index (χ1v) is 7.35. The Morgan fingerprint density at radius 2 is 2.05 bits per heavy atom. The highest BCUT2D eigenvalue weighted by atomic mass is 16.5. The van der Waals surface area contributed by atoms with Gasteiger partial charge in [0.2, 0.25) is 0 Å². The van der Waals surface area contributed by atoms with Crippen molar-refractivity contribution in [3.05, 3.63) is 29.8 Å². The molecule has 1 N–H and O–H groups in total. The van der Waals surface area contributed by atoms with Crippen LogP contribution in [0.5, 0.6) is 5.75 Å². The first-order chi connectivity index (χ1) is 8.99. The Bertz CT molecular complexity index is 375. The number of hydrogen-bond donors (Lipinski definition) is 1. The summed E-state index contributed by atoms with van der Waals surface area (Å²) in [7, 11) is 1.73. The fourth-order valence-electron chi connectivity index (χ4n) is 2.57. The van der Waals surface area contributed by atoms with Crippen molar-refractivity contribution in [2.75, 3.05) is 13.7 Å². The Morgan fingerprint density at radius 3 is 2.63 bits per heavy atom. The largest absolute Gasteiger partial charge is 0.497 e. The molecule has 0 fully saturated rings. The second-order valence-electron chi connectivity index (χ2n) is 6.12. The fourth-order valence-corrected chi connectivity index (χ4v) is 2.57. The summed E-state index contributed by atoms with van der Waals surface area (Å²) in [6.45, 7) is 10.1. The third-order valence-electron chi connectivity index (χ3n) is 3.56. The van der Waals surface area contributed by atoms with E-state index in [1.165, 1.54) is 18.4 Å². The topological polar surface area (TPSA) is 21.3 Å². The zero-order valence-electron chi connectivity index (χ0n) is 13.1. The van der Waals surface area contributed by atoms with Gasteiger partial charge in [-0.25, -0.2) is 0 Å². The van der Waals surface area contributed by atoms with Gasteiger partial charge < -0.3 is 10.1 Å². The summed E-state index contributed by atoms with van der Waals surface area (Å²) in [5, 5.41) is 3.59. The molecule has 0 aliphatic carbocycles. The van der Waals surface area contributed by atoms with Gasteiger partial charge >= 0.3 is 0 Å². The van der Waals surface area contributed by atoms with Crippen molar-refractivity contribution in [3.63, 3.8) is 0 Å². The Kier molecular flexibility index (Phi) is 6.36. The summed E-state index contributed by atoms with van der Waals surface area (Å²) >= 11 is 0. The smallest absolute Gasteiger partial charge is 0.119 e. The summed E-state index contributed by atoms with van der Waals surface area (Å²) in [5.41, 5.74) is 1.67. The van der Waals surface area contributed by atoms with Gasteiger partial charge in [-0.15, -0.1) is 0 Å². The van der Waals surface area contributed by atoms with Crippen molar-refractivity contribution in [1.82, 2.24) is 5.32 Å². The standard InChI is InChI=1S/C17H29NO/c1-6-10-17(4,13-18-14(2)3)12-15-8-7-9-16(11-15)19-5/h7-9,11,14,18H,6,10,12-13H2,1-5H3. The maximum atomic E-state index is 5.31. The van der Waals surface area contributed by atoms with Crippen molar-refractivity contribution in [2.24, 2.45) is 5.41 Å². The molecule has 0 bridgehead atoms. The Balaban J connectivity index is 2.75. The van der Waals surface area contributed by atoms with Crippen LogP contribution in [0, 0.1) is 5.41 Å². The molecule has 1 aromatic rings. The molecule has 19 heavy (non-hydrogen) atoms. The van der Waals surface area contributed by atoms with E-state index in [4.69, 9.17) is 4.74 Å². The number of benzene rings is 1. The van der Waals surface area contributed by atoms with Crippen LogP contribution in [0.4, 0.5) is 0 Å². The number of rotatable bonds is 8. The van der Waals surface area contributed by atoms with Gasteiger partial charge in [0.15, 0.2) is 0 Å². The van der Waals surface area contributed by atoms with Crippen LogP contribution in [-0.2, 0) is 6.42 Å². The van der Waals surface area contributed by atoms with E-state index in [-0.39, 0.29) is 0 Å². The minimum atomic E-state index is 0.311. The van der Waals surface area contributed by atoms with Gasteiger partial charge in [-0.2, -0.15) is 0 Å². The highest BCUT2D eigenvalue weighted by Crippen LogP contribution is 2.29. The highest BCUT2D eigenvalue weighted by molar-refractivity contribution is 5.29. The normalized spacial score (nSPS) is 14.4. The molecular weight excluding hydrogens is 234 g/mol. The quantitative estimate of drug-likeness (QED) is 0.764. The van der Waals surface area contributed by atoms with E-state index in [0.717, 1.165) is 18.7 Å². The van der Waals surface area contributed by atoms with E-state index < -0.39 is 0 Å². The van der Waals surface area contributed by atoms with Gasteiger partial charge in [0, 0.05) is 12.6 Å². The molecule has 108 valence electrons. The molecule has 1 aromatic carbocycles. The lowest BCUT2D eigenvalue weighted by molar-refractivity contribution is 0.266. The predicted octanol–water partition coefficient (Wildman–Crippen LogP) is 4.04. The summed E-state index contributed by atoms with van der Waals surface area (Å²) in [4.78, 5) is 0. The molecule has 1 rings (SSSR count).